The molecule has 0 aliphatic rings. The Morgan fingerprint density at radius 3 is 1.57 bits per heavy atom. The van der Waals surface area contributed by atoms with Crippen molar-refractivity contribution in [1.29, 1.82) is 0 Å². The van der Waals surface area contributed by atoms with E-state index >= 15 is 0 Å². The van der Waals surface area contributed by atoms with Gasteiger partial charge in [-0.2, -0.15) is 0 Å². The van der Waals surface area contributed by atoms with E-state index in [0.717, 1.165) is 0 Å². The van der Waals surface area contributed by atoms with E-state index in [1.165, 1.54) is 0 Å². The van der Waals surface area contributed by atoms with Gasteiger partial charge in [-0.25, -0.2) is 4.57 Å². The first-order chi connectivity index (χ1) is 9.91. The van der Waals surface area contributed by atoms with Gasteiger partial charge in [-0.15, -0.1) is 0 Å². The highest BCUT2D eigenvalue weighted by Crippen LogP contribution is 2.43. The van der Waals surface area contributed by atoms with Crippen LogP contribution in [0.5, 0.6) is 0 Å². The summed E-state index contributed by atoms with van der Waals surface area (Å²) in [6.45, 7) is 5.05. The van der Waals surface area contributed by atoms with Gasteiger partial charge >= 0.3 is 7.82 Å². The Labute approximate surface area is 126 Å². The number of hydrogen-bond donors (Lipinski definition) is 1. The summed E-state index contributed by atoms with van der Waals surface area (Å²) >= 11 is 0. The number of phosphoric acid groups is 1. The molecule has 0 fully saturated rings. The molecule has 0 aliphatic heterocycles. The Balaban J connectivity index is 3.79. The van der Waals surface area contributed by atoms with Crippen molar-refractivity contribution in [3.8, 4) is 0 Å². The zero-order valence-corrected chi connectivity index (χ0v) is 14.0. The molecule has 0 amide bonds. The molecular formula is C12H27O8P. The van der Waals surface area contributed by atoms with Gasteiger partial charge in [0.25, 0.3) is 0 Å². The summed E-state index contributed by atoms with van der Waals surface area (Å²) in [7, 11) is -0.970. The minimum Gasteiger partial charge on any atom is -0.382 e. The van der Waals surface area contributed by atoms with E-state index in [4.69, 9.17) is 28.0 Å². The molecule has 0 aromatic rings. The van der Waals surface area contributed by atoms with Crippen LogP contribution in [0.15, 0.2) is 0 Å². The highest BCUT2D eigenvalue weighted by Gasteiger charge is 2.23. The highest BCUT2D eigenvalue weighted by atomic mass is 31.2. The molecule has 0 saturated carbocycles. The van der Waals surface area contributed by atoms with Gasteiger partial charge in [-0.1, -0.05) is 0 Å². The van der Waals surface area contributed by atoms with E-state index in [9.17, 15) is 9.46 Å². The molecule has 0 rings (SSSR count). The molecule has 0 aromatic carbocycles. The second-order valence-electron chi connectivity index (χ2n) is 4.41. The average Bonchev–Trinajstić information content (AvgIpc) is 2.44. The standard InChI is InChI=1S/C12H27O8P/c1-11(17-7-5-15-3)9-19-21(13,14)20-10-12(2)18-8-6-16-4/h11-12H,5-10H2,1-4H3,(H,13,14). The van der Waals surface area contributed by atoms with Crippen molar-refractivity contribution < 1.29 is 37.5 Å². The van der Waals surface area contributed by atoms with E-state index in [1.807, 2.05) is 0 Å². The lowest BCUT2D eigenvalue weighted by atomic mass is 10.4. The van der Waals surface area contributed by atoms with Gasteiger partial charge in [0, 0.05) is 14.2 Å². The van der Waals surface area contributed by atoms with Crippen LogP contribution < -0.4 is 0 Å². The zero-order valence-electron chi connectivity index (χ0n) is 13.1. The van der Waals surface area contributed by atoms with Crippen LogP contribution >= 0.6 is 7.82 Å². The Hall–Kier alpha value is -0.0500. The second kappa shape index (κ2) is 12.5. The first-order valence-corrected chi connectivity index (χ1v) is 8.23. The number of phosphoric ester groups is 1. The normalized spacial score (nSPS) is 17.4. The van der Waals surface area contributed by atoms with Crippen LogP contribution in [0.1, 0.15) is 13.8 Å². The predicted octanol–water partition coefficient (Wildman–Crippen LogP) is 1.22. The molecule has 0 saturated heterocycles. The molecule has 21 heavy (non-hydrogen) atoms. The lowest BCUT2D eigenvalue weighted by Gasteiger charge is -2.18. The first kappa shape index (κ1) is 20.9. The molecule has 2 atom stereocenters. The van der Waals surface area contributed by atoms with Crippen LogP contribution in [0.3, 0.4) is 0 Å². The van der Waals surface area contributed by atoms with Crippen LogP contribution in [0.25, 0.3) is 0 Å². The van der Waals surface area contributed by atoms with Crippen molar-refractivity contribution in [2.75, 3.05) is 53.9 Å². The third-order valence-corrected chi connectivity index (χ3v) is 3.28. The summed E-state index contributed by atoms with van der Waals surface area (Å²) in [5, 5.41) is 0. The lowest BCUT2D eigenvalue weighted by Crippen LogP contribution is -2.20. The second-order valence-corrected chi connectivity index (χ2v) is 5.86. The van der Waals surface area contributed by atoms with Crippen molar-refractivity contribution in [3.05, 3.63) is 0 Å². The highest BCUT2D eigenvalue weighted by molar-refractivity contribution is 7.47. The van der Waals surface area contributed by atoms with Gasteiger partial charge in [0.2, 0.25) is 0 Å². The number of rotatable bonds is 14. The maximum absolute atomic E-state index is 11.6. The summed E-state index contributed by atoms with van der Waals surface area (Å²) in [6, 6.07) is 0. The summed E-state index contributed by atoms with van der Waals surface area (Å²) in [5.74, 6) is 0. The molecule has 1 N–H and O–H groups in total. The molecule has 0 bridgehead atoms. The van der Waals surface area contributed by atoms with Crippen molar-refractivity contribution in [2.45, 2.75) is 26.1 Å². The molecule has 0 aliphatic carbocycles. The van der Waals surface area contributed by atoms with Gasteiger partial charge < -0.3 is 23.8 Å². The molecule has 2 unspecified atom stereocenters. The number of hydrogen-bond acceptors (Lipinski definition) is 7. The third-order valence-electron chi connectivity index (χ3n) is 2.32. The van der Waals surface area contributed by atoms with Crippen LogP contribution in [0, 0.1) is 0 Å². The molecule has 8 nitrogen and oxygen atoms in total. The molecule has 9 heteroatoms. The minimum absolute atomic E-state index is 0.0452. The van der Waals surface area contributed by atoms with Crippen LogP contribution in [-0.4, -0.2) is 71.0 Å². The zero-order chi connectivity index (χ0) is 16.1. The fourth-order valence-electron chi connectivity index (χ4n) is 1.20. The van der Waals surface area contributed by atoms with Gasteiger partial charge in [-0.05, 0) is 13.8 Å². The molecule has 0 heterocycles. The molecule has 0 aromatic heterocycles. The number of methoxy groups -OCH3 is 2. The third kappa shape index (κ3) is 13.3. The first-order valence-electron chi connectivity index (χ1n) is 6.74. The van der Waals surface area contributed by atoms with E-state index in [2.05, 4.69) is 0 Å². The van der Waals surface area contributed by atoms with Crippen molar-refractivity contribution in [3.63, 3.8) is 0 Å². The maximum atomic E-state index is 11.6. The monoisotopic (exact) mass is 330 g/mol. The fourth-order valence-corrected chi connectivity index (χ4v) is 2.07. The summed E-state index contributed by atoms with van der Waals surface area (Å²) in [6.07, 6.45) is -0.667. The Morgan fingerprint density at radius 1 is 0.857 bits per heavy atom. The largest absolute Gasteiger partial charge is 0.472 e. The van der Waals surface area contributed by atoms with Gasteiger partial charge in [0.1, 0.15) is 0 Å². The Kier molecular flexibility index (Phi) is 12.5. The minimum atomic E-state index is -4.10. The van der Waals surface area contributed by atoms with Crippen molar-refractivity contribution in [2.24, 2.45) is 0 Å². The van der Waals surface area contributed by atoms with Crippen molar-refractivity contribution in [1.82, 2.24) is 0 Å². The molecular weight excluding hydrogens is 303 g/mol. The van der Waals surface area contributed by atoms with Gasteiger partial charge in [-0.3, -0.25) is 9.05 Å². The van der Waals surface area contributed by atoms with E-state index in [-0.39, 0.29) is 25.4 Å². The van der Waals surface area contributed by atoms with E-state index in [0.29, 0.717) is 26.4 Å². The van der Waals surface area contributed by atoms with E-state index in [1.54, 1.807) is 28.1 Å². The Bertz CT molecular complexity index is 264. The van der Waals surface area contributed by atoms with Crippen LogP contribution in [0.2, 0.25) is 0 Å². The van der Waals surface area contributed by atoms with Gasteiger partial charge in [0.05, 0.1) is 51.8 Å². The lowest BCUT2D eigenvalue weighted by molar-refractivity contribution is -0.0172. The van der Waals surface area contributed by atoms with Crippen LogP contribution in [-0.2, 0) is 32.6 Å². The average molecular weight is 330 g/mol. The number of ether oxygens (including phenoxy) is 4. The summed E-state index contributed by atoms with van der Waals surface area (Å²) in [5.41, 5.74) is 0. The topological polar surface area (TPSA) is 92.7 Å². The SMILES string of the molecule is COCCOC(C)COP(=O)(O)OCC(C)OCCOC. The summed E-state index contributed by atoms with van der Waals surface area (Å²) < 4.78 is 41.6. The molecule has 0 spiro atoms. The fraction of sp³-hybridized carbons (Fsp3) is 1.00. The molecule has 0 radical (unpaired) electrons. The van der Waals surface area contributed by atoms with Crippen molar-refractivity contribution >= 4 is 7.82 Å². The van der Waals surface area contributed by atoms with Gasteiger partial charge in [0.15, 0.2) is 0 Å². The van der Waals surface area contributed by atoms with E-state index < -0.39 is 7.82 Å². The summed E-state index contributed by atoms with van der Waals surface area (Å²) in [4.78, 5) is 9.51. The Morgan fingerprint density at radius 2 is 1.24 bits per heavy atom. The smallest absolute Gasteiger partial charge is 0.382 e. The van der Waals surface area contributed by atoms with Crippen LogP contribution in [0.4, 0.5) is 0 Å². The maximum Gasteiger partial charge on any atom is 0.472 e. The quantitative estimate of drug-likeness (QED) is 0.375. The predicted molar refractivity (Wildman–Crippen MR) is 76.3 cm³/mol. The molecule has 128 valence electrons.